The van der Waals surface area contributed by atoms with Crippen LogP contribution in [0, 0.1) is 0 Å². The van der Waals surface area contributed by atoms with E-state index in [1.807, 2.05) is 12.1 Å². The Morgan fingerprint density at radius 2 is 2.00 bits per heavy atom. The van der Waals surface area contributed by atoms with Gasteiger partial charge in [-0.15, -0.1) is 0 Å². The first-order chi connectivity index (χ1) is 9.72. The lowest BCUT2D eigenvalue weighted by Gasteiger charge is -2.04. The van der Waals surface area contributed by atoms with Crippen molar-refractivity contribution in [2.45, 2.75) is 0 Å². The van der Waals surface area contributed by atoms with E-state index in [2.05, 4.69) is 20.3 Å². The summed E-state index contributed by atoms with van der Waals surface area (Å²) in [5.74, 6) is 0.0397. The summed E-state index contributed by atoms with van der Waals surface area (Å²) in [5, 5.41) is 4.13. The highest BCUT2D eigenvalue weighted by atomic mass is 35.5. The number of fused-ring (bicyclic) bond motifs is 1. The average molecular weight is 285 g/mol. The summed E-state index contributed by atoms with van der Waals surface area (Å²) in [6.07, 6.45) is 4.50. The van der Waals surface area contributed by atoms with Crippen molar-refractivity contribution in [3.63, 3.8) is 0 Å². The Balaban J connectivity index is 1.91. The molecule has 6 heteroatoms. The van der Waals surface area contributed by atoms with Gasteiger partial charge in [-0.05, 0) is 18.2 Å². The summed E-state index contributed by atoms with van der Waals surface area (Å²) < 4.78 is 0. The van der Waals surface area contributed by atoms with E-state index in [0.717, 1.165) is 5.39 Å². The smallest absolute Gasteiger partial charge is 0.275 e. The van der Waals surface area contributed by atoms with Gasteiger partial charge in [-0.3, -0.25) is 9.78 Å². The number of amides is 1. The standard InChI is InChI=1S/C14H9ClN4O/c15-10-3-1-9-2-4-11(18-12(9)7-10)14(20)19-13-8-16-5-6-17-13/h1-8H,(H,17,19,20). The first kappa shape index (κ1) is 12.5. The Hall–Kier alpha value is -2.53. The monoisotopic (exact) mass is 284 g/mol. The van der Waals surface area contributed by atoms with Crippen LogP contribution in [0.5, 0.6) is 0 Å². The summed E-state index contributed by atoms with van der Waals surface area (Å²) in [6.45, 7) is 0. The number of rotatable bonds is 2. The lowest BCUT2D eigenvalue weighted by atomic mass is 10.2. The number of aromatic nitrogens is 3. The average Bonchev–Trinajstić information content (AvgIpc) is 2.47. The number of pyridine rings is 1. The molecule has 1 N–H and O–H groups in total. The number of nitrogens with one attached hydrogen (secondary N) is 1. The van der Waals surface area contributed by atoms with Crippen molar-refractivity contribution in [3.8, 4) is 0 Å². The van der Waals surface area contributed by atoms with Crippen LogP contribution in [0.4, 0.5) is 5.82 Å². The highest BCUT2D eigenvalue weighted by molar-refractivity contribution is 6.31. The van der Waals surface area contributed by atoms with Crippen LogP contribution in [-0.4, -0.2) is 20.9 Å². The maximum atomic E-state index is 12.1. The zero-order chi connectivity index (χ0) is 13.9. The van der Waals surface area contributed by atoms with E-state index in [1.54, 1.807) is 18.2 Å². The van der Waals surface area contributed by atoms with Crippen molar-refractivity contribution < 1.29 is 4.79 Å². The molecular formula is C14H9ClN4O. The first-order valence-electron chi connectivity index (χ1n) is 5.86. The quantitative estimate of drug-likeness (QED) is 0.785. The van der Waals surface area contributed by atoms with E-state index in [-0.39, 0.29) is 5.91 Å². The molecule has 3 rings (SSSR count). The summed E-state index contributed by atoms with van der Waals surface area (Å²) in [7, 11) is 0. The molecule has 2 aromatic heterocycles. The second-order valence-corrected chi connectivity index (χ2v) is 4.51. The third-order valence-electron chi connectivity index (χ3n) is 2.69. The fourth-order valence-electron chi connectivity index (χ4n) is 1.76. The van der Waals surface area contributed by atoms with Gasteiger partial charge in [0.15, 0.2) is 5.82 Å². The molecule has 0 fully saturated rings. The van der Waals surface area contributed by atoms with E-state index in [9.17, 15) is 4.79 Å². The molecule has 0 aliphatic carbocycles. The van der Waals surface area contributed by atoms with Crippen LogP contribution in [0.25, 0.3) is 10.9 Å². The third kappa shape index (κ3) is 2.57. The molecule has 20 heavy (non-hydrogen) atoms. The molecule has 0 unspecified atom stereocenters. The Bertz CT molecular complexity index is 776. The summed E-state index contributed by atoms with van der Waals surface area (Å²) in [5.41, 5.74) is 0.967. The number of hydrogen-bond acceptors (Lipinski definition) is 4. The molecule has 0 atom stereocenters. The van der Waals surface area contributed by atoms with Crippen molar-refractivity contribution in [2.24, 2.45) is 0 Å². The number of carbonyl (C=O) groups is 1. The van der Waals surface area contributed by atoms with E-state index in [0.29, 0.717) is 22.1 Å². The Morgan fingerprint density at radius 3 is 2.80 bits per heavy atom. The van der Waals surface area contributed by atoms with Crippen molar-refractivity contribution >= 4 is 34.2 Å². The first-order valence-corrected chi connectivity index (χ1v) is 6.24. The molecule has 0 spiro atoms. The summed E-state index contributed by atoms with van der Waals surface area (Å²) >= 11 is 5.92. The van der Waals surface area contributed by atoms with Gasteiger partial charge in [0.05, 0.1) is 11.7 Å². The maximum Gasteiger partial charge on any atom is 0.275 e. The van der Waals surface area contributed by atoms with Crippen molar-refractivity contribution in [2.75, 3.05) is 5.32 Å². The Kier molecular flexibility index (Phi) is 3.26. The van der Waals surface area contributed by atoms with E-state index < -0.39 is 0 Å². The molecule has 0 saturated heterocycles. The largest absolute Gasteiger partial charge is 0.304 e. The van der Waals surface area contributed by atoms with Gasteiger partial charge in [-0.25, -0.2) is 9.97 Å². The molecule has 98 valence electrons. The topological polar surface area (TPSA) is 67.8 Å². The Labute approximate surface area is 119 Å². The predicted octanol–water partition coefficient (Wildman–Crippen LogP) is 2.93. The molecule has 0 aliphatic heterocycles. The zero-order valence-corrected chi connectivity index (χ0v) is 11.0. The lowest BCUT2D eigenvalue weighted by molar-refractivity contribution is 0.102. The number of benzene rings is 1. The molecule has 1 amide bonds. The minimum Gasteiger partial charge on any atom is -0.304 e. The molecule has 1 aromatic carbocycles. The van der Waals surface area contributed by atoms with Crippen molar-refractivity contribution in [1.82, 2.24) is 15.0 Å². The Morgan fingerprint density at radius 1 is 1.15 bits per heavy atom. The SMILES string of the molecule is O=C(Nc1cnccn1)c1ccc2ccc(Cl)cc2n1. The summed E-state index contributed by atoms with van der Waals surface area (Å²) in [4.78, 5) is 24.2. The van der Waals surface area contributed by atoms with Gasteiger partial charge in [0.1, 0.15) is 5.69 Å². The number of nitrogens with zero attached hydrogens (tertiary/aromatic N) is 3. The molecular weight excluding hydrogens is 276 g/mol. The minimum absolute atomic E-state index is 0.297. The van der Waals surface area contributed by atoms with E-state index in [4.69, 9.17) is 11.6 Å². The molecule has 3 aromatic rings. The molecule has 0 aliphatic rings. The fraction of sp³-hybridized carbons (Fsp3) is 0. The minimum atomic E-state index is -0.340. The van der Waals surface area contributed by atoms with Crippen LogP contribution in [0.15, 0.2) is 48.9 Å². The van der Waals surface area contributed by atoms with Crippen LogP contribution in [-0.2, 0) is 0 Å². The fourth-order valence-corrected chi connectivity index (χ4v) is 1.93. The van der Waals surface area contributed by atoms with E-state index >= 15 is 0 Å². The second kappa shape index (κ2) is 5.22. The van der Waals surface area contributed by atoms with Gasteiger partial charge in [-0.1, -0.05) is 23.7 Å². The zero-order valence-electron chi connectivity index (χ0n) is 10.2. The van der Waals surface area contributed by atoms with Crippen LogP contribution in [0.2, 0.25) is 5.02 Å². The molecule has 0 saturated carbocycles. The van der Waals surface area contributed by atoms with Crippen LogP contribution < -0.4 is 5.32 Å². The van der Waals surface area contributed by atoms with Gasteiger partial charge in [-0.2, -0.15) is 0 Å². The van der Waals surface area contributed by atoms with Gasteiger partial charge in [0.2, 0.25) is 0 Å². The van der Waals surface area contributed by atoms with Gasteiger partial charge in [0, 0.05) is 22.8 Å². The van der Waals surface area contributed by atoms with Crippen molar-refractivity contribution in [3.05, 3.63) is 59.6 Å². The van der Waals surface area contributed by atoms with Gasteiger partial charge in [0.25, 0.3) is 5.91 Å². The number of carbonyl (C=O) groups excluding carboxylic acids is 1. The number of anilines is 1. The lowest BCUT2D eigenvalue weighted by Crippen LogP contribution is -2.14. The van der Waals surface area contributed by atoms with Crippen molar-refractivity contribution in [1.29, 1.82) is 0 Å². The molecule has 0 bridgehead atoms. The highest BCUT2D eigenvalue weighted by Crippen LogP contribution is 2.18. The maximum absolute atomic E-state index is 12.1. The predicted molar refractivity (Wildman–Crippen MR) is 76.7 cm³/mol. The highest BCUT2D eigenvalue weighted by Gasteiger charge is 2.09. The van der Waals surface area contributed by atoms with Crippen LogP contribution >= 0.6 is 11.6 Å². The van der Waals surface area contributed by atoms with Gasteiger partial charge < -0.3 is 5.32 Å². The molecule has 0 radical (unpaired) electrons. The molecule has 2 heterocycles. The van der Waals surface area contributed by atoms with Crippen LogP contribution in [0.3, 0.4) is 0 Å². The second-order valence-electron chi connectivity index (χ2n) is 4.08. The number of hydrogen-bond donors (Lipinski definition) is 1. The van der Waals surface area contributed by atoms with Gasteiger partial charge >= 0.3 is 0 Å². The van der Waals surface area contributed by atoms with Crippen LogP contribution in [0.1, 0.15) is 10.5 Å². The third-order valence-corrected chi connectivity index (χ3v) is 2.93. The normalized spacial score (nSPS) is 10.4. The number of halogens is 1. The summed E-state index contributed by atoms with van der Waals surface area (Å²) in [6, 6.07) is 8.84. The van der Waals surface area contributed by atoms with E-state index in [1.165, 1.54) is 18.6 Å². The molecule has 5 nitrogen and oxygen atoms in total.